The monoisotopic (exact) mass is 209 g/mol. The first-order valence-electron chi connectivity index (χ1n) is 4.77. The molecule has 0 aliphatic heterocycles. The SMILES string of the molecule is NC(Cc1ccccc1)C(O)CNN=O. The van der Waals surface area contributed by atoms with Crippen molar-refractivity contribution in [1.82, 2.24) is 5.43 Å². The van der Waals surface area contributed by atoms with Crippen LogP contribution in [0.4, 0.5) is 0 Å². The molecule has 0 amide bonds. The van der Waals surface area contributed by atoms with Gasteiger partial charge in [-0.3, -0.25) is 5.43 Å². The van der Waals surface area contributed by atoms with Crippen LogP contribution >= 0.6 is 0 Å². The van der Waals surface area contributed by atoms with E-state index in [9.17, 15) is 10.0 Å². The summed E-state index contributed by atoms with van der Waals surface area (Å²) in [4.78, 5) is 9.78. The van der Waals surface area contributed by atoms with E-state index < -0.39 is 12.1 Å². The third-order valence-electron chi connectivity index (χ3n) is 2.17. The van der Waals surface area contributed by atoms with E-state index in [1.165, 1.54) is 0 Å². The highest BCUT2D eigenvalue weighted by atomic mass is 16.3. The number of aliphatic hydroxyl groups is 1. The van der Waals surface area contributed by atoms with Crippen LogP contribution in [0.15, 0.2) is 35.6 Å². The van der Waals surface area contributed by atoms with Gasteiger partial charge in [0.15, 0.2) is 0 Å². The minimum absolute atomic E-state index is 0.0809. The van der Waals surface area contributed by atoms with Gasteiger partial charge in [0.2, 0.25) is 0 Å². The molecule has 1 aromatic rings. The van der Waals surface area contributed by atoms with Crippen LogP contribution in [0.5, 0.6) is 0 Å². The molecule has 1 aromatic carbocycles. The molecule has 0 saturated heterocycles. The zero-order valence-electron chi connectivity index (χ0n) is 8.34. The van der Waals surface area contributed by atoms with Gasteiger partial charge in [0.25, 0.3) is 0 Å². The van der Waals surface area contributed by atoms with Crippen molar-refractivity contribution in [2.24, 2.45) is 11.0 Å². The molecule has 0 saturated carbocycles. The molecular weight excluding hydrogens is 194 g/mol. The molecule has 0 aromatic heterocycles. The van der Waals surface area contributed by atoms with Crippen molar-refractivity contribution >= 4 is 0 Å². The van der Waals surface area contributed by atoms with E-state index in [1.54, 1.807) is 0 Å². The Kier molecular flexibility index (Phi) is 4.73. The topological polar surface area (TPSA) is 87.7 Å². The van der Waals surface area contributed by atoms with E-state index in [2.05, 4.69) is 10.7 Å². The normalized spacial score (nSPS) is 14.3. The quantitative estimate of drug-likeness (QED) is 0.461. The maximum atomic E-state index is 9.78. The van der Waals surface area contributed by atoms with Gasteiger partial charge >= 0.3 is 0 Å². The number of aliphatic hydroxyl groups excluding tert-OH is 1. The lowest BCUT2D eigenvalue weighted by Gasteiger charge is -2.17. The molecule has 2 unspecified atom stereocenters. The van der Waals surface area contributed by atoms with E-state index in [4.69, 9.17) is 5.73 Å². The van der Waals surface area contributed by atoms with E-state index in [0.717, 1.165) is 5.56 Å². The summed E-state index contributed by atoms with van der Waals surface area (Å²) in [7, 11) is 0. The zero-order valence-corrected chi connectivity index (χ0v) is 8.34. The number of hydrogen-bond acceptors (Lipinski definition) is 4. The average molecular weight is 209 g/mol. The average Bonchev–Trinajstić information content (AvgIpc) is 2.27. The van der Waals surface area contributed by atoms with Crippen molar-refractivity contribution in [3.63, 3.8) is 0 Å². The molecule has 0 heterocycles. The molecule has 0 radical (unpaired) electrons. The Bertz CT molecular complexity index is 292. The fourth-order valence-electron chi connectivity index (χ4n) is 1.30. The molecule has 0 aliphatic rings. The van der Waals surface area contributed by atoms with Crippen molar-refractivity contribution in [3.05, 3.63) is 40.8 Å². The van der Waals surface area contributed by atoms with Crippen molar-refractivity contribution in [3.8, 4) is 0 Å². The summed E-state index contributed by atoms with van der Waals surface area (Å²) in [5.41, 5.74) is 8.97. The van der Waals surface area contributed by atoms with Crippen LogP contribution in [-0.2, 0) is 6.42 Å². The van der Waals surface area contributed by atoms with Gasteiger partial charge in [-0.1, -0.05) is 30.3 Å². The van der Waals surface area contributed by atoms with Gasteiger partial charge in [-0.2, -0.15) is 0 Å². The first kappa shape index (κ1) is 11.6. The third kappa shape index (κ3) is 4.05. The summed E-state index contributed by atoms with van der Waals surface area (Å²) >= 11 is 0. The number of nitrogens with two attached hydrogens (primary N) is 1. The van der Waals surface area contributed by atoms with Crippen molar-refractivity contribution in [2.45, 2.75) is 18.6 Å². The van der Waals surface area contributed by atoms with Crippen molar-refractivity contribution < 1.29 is 5.11 Å². The van der Waals surface area contributed by atoms with Gasteiger partial charge in [0.05, 0.1) is 12.6 Å². The van der Waals surface area contributed by atoms with Crippen LogP contribution in [0.1, 0.15) is 5.56 Å². The number of benzene rings is 1. The number of rotatable bonds is 6. The van der Waals surface area contributed by atoms with Crippen LogP contribution in [-0.4, -0.2) is 23.8 Å². The van der Waals surface area contributed by atoms with E-state index in [-0.39, 0.29) is 6.54 Å². The van der Waals surface area contributed by atoms with Gasteiger partial charge in [-0.05, 0) is 12.0 Å². The minimum atomic E-state index is -0.775. The summed E-state index contributed by atoms with van der Waals surface area (Å²) < 4.78 is 0. The molecular formula is C10H15N3O2. The Morgan fingerprint density at radius 2 is 2.07 bits per heavy atom. The molecule has 82 valence electrons. The molecule has 15 heavy (non-hydrogen) atoms. The summed E-state index contributed by atoms with van der Waals surface area (Å²) in [6.07, 6.45) is -0.203. The molecule has 5 nitrogen and oxygen atoms in total. The van der Waals surface area contributed by atoms with Gasteiger partial charge in [-0.25, -0.2) is 0 Å². The first-order valence-corrected chi connectivity index (χ1v) is 4.77. The molecule has 0 aliphatic carbocycles. The van der Waals surface area contributed by atoms with Crippen LogP contribution < -0.4 is 11.2 Å². The van der Waals surface area contributed by atoms with E-state index in [1.807, 2.05) is 30.3 Å². The second-order valence-corrected chi connectivity index (χ2v) is 3.37. The van der Waals surface area contributed by atoms with Gasteiger partial charge in [-0.15, -0.1) is 4.91 Å². The van der Waals surface area contributed by atoms with E-state index in [0.29, 0.717) is 6.42 Å². The summed E-state index contributed by atoms with van der Waals surface area (Å²) in [6, 6.07) is 9.24. The fourth-order valence-corrected chi connectivity index (χ4v) is 1.30. The van der Waals surface area contributed by atoms with Gasteiger partial charge in [0, 0.05) is 11.3 Å². The number of hydrogen-bond donors (Lipinski definition) is 3. The summed E-state index contributed by atoms with van der Waals surface area (Å²) in [5.74, 6) is 0. The maximum Gasteiger partial charge on any atom is 0.0884 e. The Morgan fingerprint density at radius 1 is 1.40 bits per heavy atom. The lowest BCUT2D eigenvalue weighted by Crippen LogP contribution is -2.42. The molecule has 4 N–H and O–H groups in total. The molecule has 0 spiro atoms. The lowest BCUT2D eigenvalue weighted by atomic mass is 10.0. The molecule has 2 atom stereocenters. The van der Waals surface area contributed by atoms with Gasteiger partial charge < -0.3 is 10.8 Å². The highest BCUT2D eigenvalue weighted by Crippen LogP contribution is 2.04. The third-order valence-corrected chi connectivity index (χ3v) is 2.17. The first-order chi connectivity index (χ1) is 7.24. The predicted octanol–water partition coefficient (Wildman–Crippen LogP) is 0.188. The van der Waals surface area contributed by atoms with Crippen molar-refractivity contribution in [2.75, 3.05) is 6.54 Å². The minimum Gasteiger partial charge on any atom is -0.390 e. The van der Waals surface area contributed by atoms with Crippen LogP contribution in [0.2, 0.25) is 0 Å². The number of nitrogens with zero attached hydrogens (tertiary/aromatic N) is 1. The smallest absolute Gasteiger partial charge is 0.0884 e. The maximum absolute atomic E-state index is 9.78. The Hall–Kier alpha value is -1.46. The summed E-state index contributed by atoms with van der Waals surface area (Å²) in [6.45, 7) is 0.0809. The Morgan fingerprint density at radius 3 is 2.67 bits per heavy atom. The number of nitroso groups, excluding NO2 is 1. The second-order valence-electron chi connectivity index (χ2n) is 3.37. The standard InChI is InChI=1S/C10H15N3O2/c11-9(10(14)7-12-13-15)6-8-4-2-1-3-5-8/h1-5,9-10,14H,6-7,11H2,(H,12,15). The predicted molar refractivity (Wildman–Crippen MR) is 57.9 cm³/mol. The highest BCUT2D eigenvalue weighted by molar-refractivity contribution is 5.16. The van der Waals surface area contributed by atoms with Crippen LogP contribution in [0.25, 0.3) is 0 Å². The lowest BCUT2D eigenvalue weighted by molar-refractivity contribution is 0.142. The molecule has 1 rings (SSSR count). The summed E-state index contributed by atoms with van der Waals surface area (Å²) in [5, 5.41) is 12.0. The zero-order chi connectivity index (χ0) is 11.1. The van der Waals surface area contributed by atoms with Crippen LogP contribution in [0.3, 0.4) is 0 Å². The van der Waals surface area contributed by atoms with Crippen molar-refractivity contribution in [1.29, 1.82) is 0 Å². The van der Waals surface area contributed by atoms with Crippen LogP contribution in [0, 0.1) is 4.91 Å². The second kappa shape index (κ2) is 6.10. The molecule has 5 heteroatoms. The van der Waals surface area contributed by atoms with E-state index >= 15 is 0 Å². The number of nitrogens with one attached hydrogen (secondary N) is 1. The Balaban J connectivity index is 2.41. The highest BCUT2D eigenvalue weighted by Gasteiger charge is 2.14. The largest absolute Gasteiger partial charge is 0.390 e. The fraction of sp³-hybridized carbons (Fsp3) is 0.400. The Labute approximate surface area is 88.2 Å². The molecule has 0 fully saturated rings. The molecule has 0 bridgehead atoms. The van der Waals surface area contributed by atoms with Gasteiger partial charge in [0.1, 0.15) is 0 Å².